The number of hydrogen-bond acceptors (Lipinski definition) is 8. The summed E-state index contributed by atoms with van der Waals surface area (Å²) in [5.41, 5.74) is 28.1. The number of aromatic nitrogens is 8. The molecule has 2 aliphatic rings. The van der Waals surface area contributed by atoms with Crippen LogP contribution >= 0.6 is 0 Å². The van der Waals surface area contributed by atoms with Gasteiger partial charge in [-0.2, -0.15) is 60.7 Å². The number of halogens is 2. The minimum atomic E-state index is -0.990. The molecule has 7 aromatic heterocycles. The van der Waals surface area contributed by atoms with Gasteiger partial charge in [-0.15, -0.1) is 124 Å². The van der Waals surface area contributed by atoms with Crippen LogP contribution in [0.15, 0.2) is 280 Å². The van der Waals surface area contributed by atoms with Crippen LogP contribution in [0.5, 0.6) is 5.75 Å². The van der Waals surface area contributed by atoms with Gasteiger partial charge in [0.1, 0.15) is 11.4 Å². The second-order valence-electron chi connectivity index (χ2n) is 25.4. The number of aryl methyl sites for hydroxylation is 4. The van der Waals surface area contributed by atoms with Gasteiger partial charge in [-0.05, 0) is 133 Å². The number of aromatic carboxylic acids is 1. The predicted octanol–water partition coefficient (Wildman–Crippen LogP) is 23.8. The van der Waals surface area contributed by atoms with Gasteiger partial charge in [-0.25, -0.2) is 48.1 Å². The van der Waals surface area contributed by atoms with E-state index in [2.05, 4.69) is 148 Å². The van der Waals surface area contributed by atoms with Crippen LogP contribution in [-0.2, 0) is 128 Å². The minimum absolute atomic E-state index is 0. The zero-order valence-electron chi connectivity index (χ0n) is 66.0. The smallest absolute Gasteiger partial charge is 0.657 e. The SMILES string of the molecule is CCC1=C(CC)c2cc3[n-]c(cc4nc(cc5[n-]c(cc1n2)c(CC)c5CC)C(CC)=C4CC)c(CC)c3CC.Fc1c[c-]c(-c2ccccn2)c(F)c1.O=C(O)c1ccccn1.Oc1ccccc1.[Os+].[Pt+2].[Pt].[Pt].[Rh].[c-]1ccccc1-c1[c-]c(-c2[c-]cccc2)ccc1.[c-]1ccccc1-c1ccccn1.[c-]1ccccc1-c1ccccn1. The third kappa shape index (κ3) is 27.4. The predicted molar refractivity (Wildman–Crippen MR) is 450 cm³/mol. The van der Waals surface area contributed by atoms with Crippen molar-refractivity contribution in [2.24, 2.45) is 0 Å². The number of para-hydroxylation sites is 1. The van der Waals surface area contributed by atoms with E-state index in [0.29, 0.717) is 11.4 Å². The number of allylic oxidation sites excluding steroid dienone is 4. The summed E-state index contributed by atoms with van der Waals surface area (Å²) in [6.45, 7) is 17.9. The number of carboxylic acids is 1. The molecule has 0 saturated carbocycles. The van der Waals surface area contributed by atoms with E-state index in [1.165, 1.54) is 56.8 Å². The fourth-order valence-electron chi connectivity index (χ4n) is 13.0. The van der Waals surface area contributed by atoms with Gasteiger partial charge in [-0.1, -0.05) is 174 Å². The molecule has 18 heteroatoms. The number of carboxylic acid groups (broad SMARTS) is 1. The molecule has 0 saturated heterocycles. The Balaban J connectivity index is 0.000000265. The fourth-order valence-corrected chi connectivity index (χ4v) is 13.0. The molecule has 11 nitrogen and oxygen atoms in total. The molecule has 0 amide bonds. The van der Waals surface area contributed by atoms with Gasteiger partial charge in [0.25, 0.3) is 0 Å². The Hall–Kier alpha value is -9.81. The number of aromatic hydroxyl groups is 1. The van der Waals surface area contributed by atoms with E-state index in [9.17, 15) is 13.6 Å². The first-order valence-corrected chi connectivity index (χ1v) is 37.8. The second kappa shape index (κ2) is 51.4. The number of carbonyl (C=O) groups is 1. The van der Waals surface area contributed by atoms with Crippen molar-refractivity contribution in [3.05, 3.63) is 378 Å². The molecule has 0 unspecified atom stereocenters. The van der Waals surface area contributed by atoms with Crippen molar-refractivity contribution >= 4 is 50.3 Å². The van der Waals surface area contributed by atoms with Crippen LogP contribution in [-0.4, -0.2) is 46.1 Å². The molecule has 608 valence electrons. The summed E-state index contributed by atoms with van der Waals surface area (Å²) in [6, 6.07) is 97.5. The van der Waals surface area contributed by atoms with Crippen molar-refractivity contribution in [1.82, 2.24) is 39.9 Å². The molecule has 2 radical (unpaired) electrons. The summed E-state index contributed by atoms with van der Waals surface area (Å²) >= 11 is 0. The normalized spacial score (nSPS) is 10.6. The molecule has 8 bridgehead atoms. The van der Waals surface area contributed by atoms with Crippen molar-refractivity contribution in [3.63, 3.8) is 0 Å². The van der Waals surface area contributed by atoms with Crippen molar-refractivity contribution in [1.29, 1.82) is 0 Å². The Morgan fingerprint density at radius 3 is 0.966 bits per heavy atom. The fraction of sp³-hybridized carbons (Fsp3) is 0.162. The summed E-state index contributed by atoms with van der Waals surface area (Å²) < 4.78 is 25.8. The number of rotatable bonds is 14. The van der Waals surface area contributed by atoms with Crippen LogP contribution in [0, 0.1) is 48.0 Å². The molecular formula is C99H88F2N8O3OsPt3Rh-5. The minimum Gasteiger partial charge on any atom is -0.657 e. The van der Waals surface area contributed by atoms with Gasteiger partial charge in [0.2, 0.25) is 0 Å². The molecule has 0 fully saturated rings. The Kier molecular flexibility index (Phi) is 43.0. The standard InChI is InChI=1S/C36H44N4.C18H11.C11H6F2N.2C11H8N.C6H5NO2.C6H6O.Os.3Pt.Rh/c1-9-21-22(10-2)30-18-32-25(13-5)26(14-6)34(39-32)20-36-28(16-8)27(15-7)35(40-36)19-33-24(12-4)23(11-3)31(38-33)17-29(21)37-30;1-3-8-15(9-4-1)17-12-7-13-18(14-17)16-10-5-2-6-11-16;12-8-4-5-9(10(13)7-8)11-3-1-2-6-14-11;2*1-2-6-10(7-3-1)11-8-4-5-9-12-11;8-6(9)5-3-1-2-4-7-5;7-6-4-2-1-3-5-6;;;;;/h17-20H,9-16H2,1-8H3;1-8,10,12-13H;1-4,6-7H;2*1-6,8-9H;1-4H,(H,8,9);1-5,7H;;;;;/q-2;-3;3*-1;;;+1;;;+2;. The Morgan fingerprint density at radius 2 is 0.692 bits per heavy atom. The van der Waals surface area contributed by atoms with Gasteiger partial charge in [0.15, 0.2) is 0 Å². The molecule has 2 aliphatic heterocycles. The van der Waals surface area contributed by atoms with E-state index in [1.807, 2.05) is 146 Å². The number of pyridine rings is 4. The maximum Gasteiger partial charge on any atom is 2.00 e. The molecular weight excluding hydrogens is 2270 g/mol. The Morgan fingerprint density at radius 1 is 0.368 bits per heavy atom. The van der Waals surface area contributed by atoms with Gasteiger partial charge >= 0.3 is 46.8 Å². The first-order chi connectivity index (χ1) is 54.8. The molecule has 14 aromatic rings. The number of phenolic OH excluding ortho intramolecular Hbond substituents is 1. The largest absolute Gasteiger partial charge is 2.00 e. The van der Waals surface area contributed by atoms with Gasteiger partial charge in [0, 0.05) is 98.0 Å². The number of nitrogens with zero attached hydrogens (tertiary/aromatic N) is 8. The topological polar surface area (TPSA) is 163 Å². The van der Waals surface area contributed by atoms with Crippen molar-refractivity contribution in [2.45, 2.75) is 107 Å². The van der Waals surface area contributed by atoms with Gasteiger partial charge < -0.3 is 35.1 Å². The number of benzene rings is 7. The summed E-state index contributed by atoms with van der Waals surface area (Å²) in [6.07, 6.45) is 14.2. The molecule has 0 aliphatic carbocycles. The Labute approximate surface area is 756 Å². The molecule has 0 spiro atoms. The first-order valence-electron chi connectivity index (χ1n) is 37.8. The van der Waals surface area contributed by atoms with Crippen molar-refractivity contribution in [2.75, 3.05) is 0 Å². The van der Waals surface area contributed by atoms with Crippen LogP contribution in [0.4, 0.5) is 8.78 Å². The molecule has 7 aromatic carbocycles. The summed E-state index contributed by atoms with van der Waals surface area (Å²) in [5.74, 6) is -1.95. The maximum absolute atomic E-state index is 13.2. The van der Waals surface area contributed by atoms with E-state index in [4.69, 9.17) is 30.1 Å². The van der Waals surface area contributed by atoms with Crippen molar-refractivity contribution in [3.8, 4) is 61.8 Å². The van der Waals surface area contributed by atoms with E-state index in [0.717, 1.165) is 153 Å². The number of fused-ring (bicyclic) bond motifs is 8. The first kappa shape index (κ1) is 97.8. The average Bonchev–Trinajstić information content (AvgIpc) is 1.62. The number of phenols is 1. The van der Waals surface area contributed by atoms with Crippen LogP contribution in [0.25, 0.3) is 100 Å². The summed E-state index contributed by atoms with van der Waals surface area (Å²) in [4.78, 5) is 47.1. The van der Waals surface area contributed by atoms with Crippen LogP contribution in [0.3, 0.4) is 0 Å². The molecule has 16 rings (SSSR count). The van der Waals surface area contributed by atoms with E-state index < -0.39 is 17.6 Å². The van der Waals surface area contributed by atoms with E-state index >= 15 is 0 Å². The second-order valence-corrected chi connectivity index (χ2v) is 25.4. The van der Waals surface area contributed by atoms with E-state index in [1.54, 1.807) is 73.2 Å². The van der Waals surface area contributed by atoms with Gasteiger partial charge in [-0.3, -0.25) is 8.78 Å². The molecule has 2 N–H and O–H groups in total. The van der Waals surface area contributed by atoms with Crippen LogP contribution < -0.4 is 9.97 Å². The molecule has 9 heterocycles. The number of hydrogen-bond donors (Lipinski definition) is 2. The average molecular weight is 2350 g/mol. The van der Waals surface area contributed by atoms with Crippen molar-refractivity contribution < 1.29 is 126 Å². The zero-order valence-corrected chi connectivity index (χ0v) is 77.0. The van der Waals surface area contributed by atoms with Crippen LogP contribution in [0.1, 0.15) is 137 Å². The molecule has 117 heavy (non-hydrogen) atoms. The third-order valence-electron chi connectivity index (χ3n) is 18.3. The van der Waals surface area contributed by atoms with Crippen LogP contribution in [0.2, 0.25) is 0 Å². The van der Waals surface area contributed by atoms with E-state index in [-0.39, 0.29) is 114 Å². The maximum atomic E-state index is 13.2. The van der Waals surface area contributed by atoms with Gasteiger partial charge in [0.05, 0.1) is 22.8 Å². The summed E-state index contributed by atoms with van der Waals surface area (Å²) in [5, 5.41) is 17.0. The monoisotopic (exact) mass is 2350 g/mol. The third-order valence-corrected chi connectivity index (χ3v) is 18.3. The summed E-state index contributed by atoms with van der Waals surface area (Å²) in [7, 11) is 0. The zero-order chi connectivity index (χ0) is 79.0. The molecule has 0 atom stereocenters. The Bertz CT molecular complexity index is 5130. The quantitative estimate of drug-likeness (QED) is 0.0787.